The Labute approximate surface area is 105 Å². The van der Waals surface area contributed by atoms with E-state index < -0.39 is 0 Å². The summed E-state index contributed by atoms with van der Waals surface area (Å²) in [6, 6.07) is 0. The van der Waals surface area contributed by atoms with Gasteiger partial charge in [0.1, 0.15) is 0 Å². The van der Waals surface area contributed by atoms with E-state index in [0.29, 0.717) is 0 Å². The predicted molar refractivity (Wildman–Crippen MR) is 28.2 cm³/mol. The maximum Gasteiger partial charge on any atom is 0.316 e. The van der Waals surface area contributed by atoms with Crippen LogP contribution in [0.3, 0.4) is 0 Å². The van der Waals surface area contributed by atoms with Crippen molar-refractivity contribution < 1.29 is 36.5 Å². The first-order valence-corrected chi connectivity index (χ1v) is 0. The van der Waals surface area contributed by atoms with Crippen LogP contribution >= 0.6 is 9.90 Å². The van der Waals surface area contributed by atoms with Gasteiger partial charge in [-0.15, -0.1) is 0 Å². The molecule has 0 nitrogen and oxygen atoms in total. The van der Waals surface area contributed by atoms with E-state index >= 15 is 0 Å². The van der Waals surface area contributed by atoms with Gasteiger partial charge >= 0.3 is 60.8 Å². The number of hydrogen-bond donors (Lipinski definition) is 0. The van der Waals surface area contributed by atoms with Gasteiger partial charge in [-0.3, -0.25) is 0 Å². The van der Waals surface area contributed by atoms with E-state index in [-0.39, 0.29) is 107 Å². The van der Waals surface area contributed by atoms with Crippen molar-refractivity contribution in [1.29, 1.82) is 0 Å². The van der Waals surface area contributed by atoms with Crippen molar-refractivity contribution in [3.05, 3.63) is 0 Å². The van der Waals surface area contributed by atoms with E-state index in [2.05, 4.69) is 0 Å². The Morgan fingerprint density at radius 1 is 1.00 bits per heavy atom. The second-order valence-corrected chi connectivity index (χ2v) is 0. The van der Waals surface area contributed by atoms with E-state index in [4.69, 9.17) is 0 Å². The van der Waals surface area contributed by atoms with Gasteiger partial charge in [-0.25, -0.2) is 0 Å². The first-order chi connectivity index (χ1) is 0. The third-order valence-corrected chi connectivity index (χ3v) is 0. The van der Waals surface area contributed by atoms with Gasteiger partial charge in [-0.05, 0) is 0 Å². The van der Waals surface area contributed by atoms with E-state index in [9.17, 15) is 0 Å². The van der Waals surface area contributed by atoms with Gasteiger partial charge in [-0.1, -0.05) is 0 Å². The predicted octanol–water partition coefficient (Wildman–Crippen LogP) is -1.78. The molecule has 0 rings (SSSR count). The zero-order chi connectivity index (χ0) is 0. The third kappa shape index (κ3) is 18.4. The van der Waals surface area contributed by atoms with Crippen LogP contribution in [0, 0.1) is 0 Å². The smallest absolute Gasteiger partial charge is 0 e. The molecule has 0 aliphatic heterocycles. The molecular weight excluding hydrogens is 217 g/mol. The summed E-state index contributed by atoms with van der Waals surface area (Å²) in [5.74, 6) is 0. The molecule has 0 aromatic carbocycles. The van der Waals surface area contributed by atoms with Gasteiger partial charge in [0.25, 0.3) is 0 Å². The summed E-state index contributed by atoms with van der Waals surface area (Å²) < 4.78 is 0. The van der Waals surface area contributed by atoms with Crippen LogP contribution in [-0.4, -0.2) is 60.8 Å². The van der Waals surface area contributed by atoms with Crippen molar-refractivity contribution in [2.75, 3.05) is 0 Å². The molecule has 0 aromatic rings. The van der Waals surface area contributed by atoms with Gasteiger partial charge in [0.05, 0.1) is 0 Å². The molecule has 0 fully saturated rings. The van der Waals surface area contributed by atoms with Crippen molar-refractivity contribution in [3.8, 4) is 0 Å². The molecule has 0 aliphatic carbocycles. The van der Waals surface area contributed by atoms with Gasteiger partial charge in [-0.2, -0.15) is 9.90 Å². The molecule has 0 aliphatic rings. The number of hydrogen-bond acceptors (Lipinski definition) is 0. The minimum absolute atomic E-state index is 0. The van der Waals surface area contributed by atoms with Crippen molar-refractivity contribution in [2.24, 2.45) is 0 Å². The van der Waals surface area contributed by atoms with E-state index in [1.54, 1.807) is 0 Å². The van der Waals surface area contributed by atoms with Crippen LogP contribution in [0.15, 0.2) is 0 Å². The zero-order valence-corrected chi connectivity index (χ0v) is 7.25. The quantitative estimate of drug-likeness (QED) is 0.337. The average molecular weight is 224 g/mol. The first-order valence-electron chi connectivity index (χ1n) is 0. The molecule has 1 atom stereocenters. The average Bonchev–Trinajstić information content (AvgIpc) is 0. The van der Waals surface area contributed by atoms with Crippen molar-refractivity contribution in [1.82, 2.24) is 0 Å². The molecule has 1 unspecified atom stereocenters. The largest absolute Gasteiger partial charge is 0.316 e. The molecule has 0 saturated heterocycles. The maximum absolute atomic E-state index is 0. The van der Waals surface area contributed by atoms with Gasteiger partial charge in [0.15, 0.2) is 0 Å². The normalized spacial score (nSPS) is 0. The van der Waals surface area contributed by atoms with Crippen LogP contribution in [-0.2, 0) is 36.5 Å². The molecule has 0 spiro atoms. The Bertz CT molecular complexity index is 11.6. The monoisotopic (exact) mass is 222 g/mol. The van der Waals surface area contributed by atoms with Crippen molar-refractivity contribution in [2.45, 2.75) is 0 Å². The van der Waals surface area contributed by atoms with Crippen LogP contribution in [0.25, 0.3) is 0 Å². The molecular formula is H7CaFeMgPZn. The Balaban J connectivity index is 0. The molecule has 0 heterocycles. The van der Waals surface area contributed by atoms with Crippen molar-refractivity contribution in [3.63, 3.8) is 0 Å². The fourth-order valence-corrected chi connectivity index (χ4v) is 0. The maximum atomic E-state index is 0. The first kappa shape index (κ1) is 38.3. The summed E-state index contributed by atoms with van der Waals surface area (Å²) in [7, 11) is 0. The standard InChI is InChI=1S/Ca.Fe.Mg.H3P.Zn.4H/h;;;1H3;;;;;. The Hall–Kier alpha value is 3.60. The summed E-state index contributed by atoms with van der Waals surface area (Å²) in [5.41, 5.74) is 0. The molecule has 0 radical (unpaired) electrons. The Morgan fingerprint density at radius 3 is 1.00 bits per heavy atom. The van der Waals surface area contributed by atoms with Crippen molar-refractivity contribution >= 4 is 70.7 Å². The molecule has 5 heteroatoms. The van der Waals surface area contributed by atoms with Crippen LogP contribution in [0.4, 0.5) is 0 Å². The SMILES string of the molecule is P.[CaH2].[Fe].[MgH2].[Zn]. The Morgan fingerprint density at radius 2 is 1.00 bits per heavy atom. The van der Waals surface area contributed by atoms with Gasteiger partial charge in [0, 0.05) is 36.5 Å². The van der Waals surface area contributed by atoms with Gasteiger partial charge in [0.2, 0.25) is 0 Å². The molecule has 5 heavy (non-hydrogen) atoms. The molecule has 0 bridgehead atoms. The summed E-state index contributed by atoms with van der Waals surface area (Å²) in [6.45, 7) is 0. The van der Waals surface area contributed by atoms with E-state index in [1.165, 1.54) is 0 Å². The molecule has 0 saturated carbocycles. The minimum atomic E-state index is 0. The third-order valence-electron chi connectivity index (χ3n) is 0. The van der Waals surface area contributed by atoms with Crippen LogP contribution in [0.2, 0.25) is 0 Å². The van der Waals surface area contributed by atoms with E-state index in [0.717, 1.165) is 0 Å². The molecule has 26 valence electrons. The van der Waals surface area contributed by atoms with Crippen LogP contribution in [0.5, 0.6) is 0 Å². The summed E-state index contributed by atoms with van der Waals surface area (Å²) in [4.78, 5) is 0. The number of rotatable bonds is 0. The second kappa shape index (κ2) is 25.5. The minimum Gasteiger partial charge on any atom is 0 e. The van der Waals surface area contributed by atoms with E-state index in [1.807, 2.05) is 0 Å². The summed E-state index contributed by atoms with van der Waals surface area (Å²) in [5, 5.41) is 0. The molecule has 0 aromatic heterocycles. The topological polar surface area (TPSA) is 0 Å². The molecule has 0 amide bonds. The fourth-order valence-electron chi connectivity index (χ4n) is 0. The van der Waals surface area contributed by atoms with Crippen LogP contribution < -0.4 is 0 Å². The molecule has 0 N–H and O–H groups in total. The summed E-state index contributed by atoms with van der Waals surface area (Å²) in [6.07, 6.45) is 0. The Kier molecular flexibility index (Phi) is 196. The second-order valence-electron chi connectivity index (χ2n) is 0. The zero-order valence-electron chi connectivity index (χ0n) is 1.77. The fraction of sp³-hybridized carbons (Fsp3) is 0. The van der Waals surface area contributed by atoms with Crippen LogP contribution in [0.1, 0.15) is 0 Å². The summed E-state index contributed by atoms with van der Waals surface area (Å²) >= 11 is 0. The van der Waals surface area contributed by atoms with Gasteiger partial charge < -0.3 is 0 Å².